The van der Waals surface area contributed by atoms with Crippen molar-refractivity contribution < 1.29 is 4.79 Å². The first-order chi connectivity index (χ1) is 12.1. The summed E-state index contributed by atoms with van der Waals surface area (Å²) < 4.78 is 0. The topological polar surface area (TPSA) is 32.3 Å². The van der Waals surface area contributed by atoms with Gasteiger partial charge in [0.2, 0.25) is 5.91 Å². The predicted octanol–water partition coefficient (Wildman–Crippen LogP) is 4.46. The Bertz CT molecular complexity index is 788. The van der Waals surface area contributed by atoms with E-state index in [2.05, 4.69) is 66.5 Å². The van der Waals surface area contributed by atoms with Gasteiger partial charge < -0.3 is 10.2 Å². The summed E-state index contributed by atoms with van der Waals surface area (Å²) in [6.45, 7) is 4.71. The van der Waals surface area contributed by atoms with Crippen molar-refractivity contribution in [3.05, 3.63) is 53.6 Å². The number of anilines is 1. The Morgan fingerprint density at radius 2 is 1.76 bits per heavy atom. The van der Waals surface area contributed by atoms with Crippen LogP contribution in [0.25, 0.3) is 11.1 Å². The predicted molar refractivity (Wildman–Crippen MR) is 103 cm³/mol. The Kier molecular flexibility index (Phi) is 4.24. The van der Waals surface area contributed by atoms with E-state index < -0.39 is 0 Å². The molecule has 0 radical (unpaired) electrons. The summed E-state index contributed by atoms with van der Waals surface area (Å²) in [5, 5.41) is 3.35. The quantitative estimate of drug-likeness (QED) is 0.767. The van der Waals surface area contributed by atoms with Crippen LogP contribution in [0, 0.1) is 0 Å². The second-order valence-corrected chi connectivity index (χ2v) is 7.49. The largest absolute Gasteiger partial charge is 0.376 e. The maximum Gasteiger partial charge on any atom is 0.242 e. The molecular formula is C22H26N2O. The number of hydrogen-bond donors (Lipinski definition) is 1. The van der Waals surface area contributed by atoms with Crippen LogP contribution in [0.5, 0.6) is 0 Å². The van der Waals surface area contributed by atoms with Crippen LogP contribution in [0.3, 0.4) is 0 Å². The Morgan fingerprint density at radius 1 is 1.04 bits per heavy atom. The lowest BCUT2D eigenvalue weighted by Gasteiger charge is -2.39. The van der Waals surface area contributed by atoms with Gasteiger partial charge in [-0.15, -0.1) is 0 Å². The summed E-state index contributed by atoms with van der Waals surface area (Å²) >= 11 is 0. The van der Waals surface area contributed by atoms with Crippen molar-refractivity contribution in [2.24, 2.45) is 0 Å². The molecule has 1 N–H and O–H groups in total. The van der Waals surface area contributed by atoms with Crippen molar-refractivity contribution in [2.75, 3.05) is 11.9 Å². The molecule has 1 fully saturated rings. The van der Waals surface area contributed by atoms with Crippen LogP contribution in [-0.4, -0.2) is 29.4 Å². The molecule has 0 saturated carbocycles. The zero-order valence-corrected chi connectivity index (χ0v) is 15.1. The highest BCUT2D eigenvalue weighted by molar-refractivity contribution is 5.83. The minimum atomic E-state index is 0.212. The number of likely N-dealkylation sites (tertiary alicyclic amines) is 1. The highest BCUT2D eigenvalue weighted by Gasteiger charge is 2.28. The highest BCUT2D eigenvalue weighted by atomic mass is 16.2. The number of amides is 1. The molecule has 25 heavy (non-hydrogen) atoms. The fourth-order valence-corrected chi connectivity index (χ4v) is 4.44. The summed E-state index contributed by atoms with van der Waals surface area (Å²) in [6.07, 6.45) is 4.44. The number of hydrogen-bond acceptors (Lipinski definition) is 2. The van der Waals surface area contributed by atoms with Crippen molar-refractivity contribution in [3.63, 3.8) is 0 Å². The Balaban J connectivity index is 1.44. The molecule has 0 aromatic heterocycles. The average Bonchev–Trinajstić information content (AvgIpc) is 2.97. The molecule has 0 spiro atoms. The van der Waals surface area contributed by atoms with Gasteiger partial charge in [-0.05, 0) is 73.9 Å². The minimum Gasteiger partial charge on any atom is -0.376 e. The molecule has 1 aliphatic carbocycles. The zero-order valence-electron chi connectivity index (χ0n) is 15.1. The summed E-state index contributed by atoms with van der Waals surface area (Å²) in [7, 11) is 0. The van der Waals surface area contributed by atoms with Gasteiger partial charge in [-0.1, -0.05) is 30.3 Å². The van der Waals surface area contributed by atoms with Gasteiger partial charge in [0, 0.05) is 17.8 Å². The third-order valence-corrected chi connectivity index (χ3v) is 5.72. The van der Waals surface area contributed by atoms with E-state index in [0.717, 1.165) is 24.9 Å². The molecule has 0 bridgehead atoms. The summed E-state index contributed by atoms with van der Waals surface area (Å²) in [6, 6.07) is 15.8. The van der Waals surface area contributed by atoms with Gasteiger partial charge in [0.1, 0.15) is 0 Å². The smallest absolute Gasteiger partial charge is 0.242 e. The molecule has 2 atom stereocenters. The third kappa shape index (κ3) is 3.04. The van der Waals surface area contributed by atoms with Crippen LogP contribution in [0.15, 0.2) is 42.5 Å². The molecule has 4 rings (SSSR count). The fraction of sp³-hybridized carbons (Fsp3) is 0.409. The molecule has 1 amide bonds. The van der Waals surface area contributed by atoms with Crippen LogP contribution in [0.4, 0.5) is 5.69 Å². The van der Waals surface area contributed by atoms with Crippen LogP contribution < -0.4 is 5.32 Å². The number of fused-ring (bicyclic) bond motifs is 3. The van der Waals surface area contributed by atoms with E-state index in [1.165, 1.54) is 28.7 Å². The number of nitrogens with zero attached hydrogens (tertiary/aromatic N) is 1. The first kappa shape index (κ1) is 16.2. The van der Waals surface area contributed by atoms with E-state index in [4.69, 9.17) is 0 Å². The van der Waals surface area contributed by atoms with E-state index in [1.807, 2.05) is 0 Å². The van der Waals surface area contributed by atoms with E-state index in [-0.39, 0.29) is 5.91 Å². The van der Waals surface area contributed by atoms with Crippen molar-refractivity contribution >= 4 is 11.6 Å². The van der Waals surface area contributed by atoms with E-state index in [1.54, 1.807) is 0 Å². The fourth-order valence-electron chi connectivity index (χ4n) is 4.44. The SMILES string of the molecule is CC1CCCC(C)N1C(=O)CNc1ccc2c(c1)Cc1ccccc1-2. The van der Waals surface area contributed by atoms with Gasteiger partial charge >= 0.3 is 0 Å². The normalized spacial score (nSPS) is 21.6. The number of carbonyl (C=O) groups is 1. The molecule has 130 valence electrons. The van der Waals surface area contributed by atoms with Crippen molar-refractivity contribution in [1.29, 1.82) is 0 Å². The molecule has 2 aliphatic rings. The number of piperidine rings is 1. The van der Waals surface area contributed by atoms with Gasteiger partial charge in [-0.3, -0.25) is 4.79 Å². The summed E-state index contributed by atoms with van der Waals surface area (Å²) in [5.74, 6) is 0.212. The summed E-state index contributed by atoms with van der Waals surface area (Å²) in [5.41, 5.74) is 6.44. The lowest BCUT2D eigenvalue weighted by atomic mass is 9.97. The Hall–Kier alpha value is -2.29. The highest BCUT2D eigenvalue weighted by Crippen LogP contribution is 2.37. The van der Waals surface area contributed by atoms with Crippen LogP contribution in [-0.2, 0) is 11.2 Å². The second kappa shape index (κ2) is 6.55. The number of nitrogens with one attached hydrogen (secondary N) is 1. The third-order valence-electron chi connectivity index (χ3n) is 5.72. The standard InChI is InChI=1S/C22H26N2O/c1-15-6-5-7-16(2)24(15)22(25)14-23-19-10-11-21-18(13-19)12-17-8-3-4-9-20(17)21/h3-4,8-11,13,15-16,23H,5-7,12,14H2,1-2H3. The van der Waals surface area contributed by atoms with Gasteiger partial charge in [0.15, 0.2) is 0 Å². The molecular weight excluding hydrogens is 308 g/mol. The zero-order chi connectivity index (χ0) is 17.4. The van der Waals surface area contributed by atoms with Crippen molar-refractivity contribution in [2.45, 2.75) is 51.6 Å². The first-order valence-corrected chi connectivity index (χ1v) is 9.39. The van der Waals surface area contributed by atoms with Gasteiger partial charge in [-0.2, -0.15) is 0 Å². The maximum atomic E-state index is 12.7. The molecule has 1 heterocycles. The van der Waals surface area contributed by atoms with E-state index in [9.17, 15) is 4.79 Å². The van der Waals surface area contributed by atoms with Gasteiger partial charge in [0.25, 0.3) is 0 Å². The summed E-state index contributed by atoms with van der Waals surface area (Å²) in [4.78, 5) is 14.7. The van der Waals surface area contributed by atoms with Gasteiger partial charge in [-0.25, -0.2) is 0 Å². The van der Waals surface area contributed by atoms with Crippen LogP contribution in [0.1, 0.15) is 44.2 Å². The number of benzene rings is 2. The lowest BCUT2D eigenvalue weighted by Crippen LogP contribution is -2.49. The Morgan fingerprint density at radius 3 is 2.56 bits per heavy atom. The molecule has 1 aliphatic heterocycles. The maximum absolute atomic E-state index is 12.7. The first-order valence-electron chi connectivity index (χ1n) is 9.39. The molecule has 2 unspecified atom stereocenters. The molecule has 1 saturated heterocycles. The molecule has 2 aromatic carbocycles. The average molecular weight is 334 g/mol. The molecule has 2 aromatic rings. The number of rotatable bonds is 3. The molecule has 3 nitrogen and oxygen atoms in total. The van der Waals surface area contributed by atoms with Crippen molar-refractivity contribution in [3.8, 4) is 11.1 Å². The van der Waals surface area contributed by atoms with Gasteiger partial charge in [0.05, 0.1) is 6.54 Å². The second-order valence-electron chi connectivity index (χ2n) is 7.49. The van der Waals surface area contributed by atoms with Crippen LogP contribution in [0.2, 0.25) is 0 Å². The minimum absolute atomic E-state index is 0.212. The van der Waals surface area contributed by atoms with E-state index >= 15 is 0 Å². The monoisotopic (exact) mass is 334 g/mol. The Labute approximate surface area is 150 Å². The lowest BCUT2D eigenvalue weighted by molar-refractivity contribution is -0.135. The van der Waals surface area contributed by atoms with Crippen molar-refractivity contribution in [1.82, 2.24) is 4.90 Å². The molecule has 3 heteroatoms. The number of carbonyl (C=O) groups excluding carboxylic acids is 1. The van der Waals surface area contributed by atoms with Crippen LogP contribution >= 0.6 is 0 Å². The van der Waals surface area contributed by atoms with E-state index in [0.29, 0.717) is 18.6 Å².